The summed E-state index contributed by atoms with van der Waals surface area (Å²) in [6, 6.07) is 11.1. The number of hydrogen-bond acceptors (Lipinski definition) is 7. The zero-order valence-corrected chi connectivity index (χ0v) is 18.6. The van der Waals surface area contributed by atoms with Crippen LogP contribution in [-0.4, -0.2) is 55.9 Å². The molecule has 4 aromatic rings. The van der Waals surface area contributed by atoms with E-state index in [2.05, 4.69) is 25.7 Å². The van der Waals surface area contributed by atoms with Gasteiger partial charge in [0, 0.05) is 42.2 Å². The van der Waals surface area contributed by atoms with Crippen LogP contribution in [-0.2, 0) is 9.59 Å². The van der Waals surface area contributed by atoms with Crippen molar-refractivity contribution in [1.29, 1.82) is 0 Å². The van der Waals surface area contributed by atoms with E-state index in [1.807, 2.05) is 0 Å². The van der Waals surface area contributed by atoms with Crippen molar-refractivity contribution in [2.45, 2.75) is 18.9 Å². The fourth-order valence-corrected chi connectivity index (χ4v) is 4.14. The Morgan fingerprint density at radius 3 is 2.71 bits per heavy atom. The predicted molar refractivity (Wildman–Crippen MR) is 127 cm³/mol. The van der Waals surface area contributed by atoms with Gasteiger partial charge in [-0.05, 0) is 56.3 Å². The highest BCUT2D eigenvalue weighted by molar-refractivity contribution is 6.37. The fraction of sp³-hybridized carbons (Fsp3) is 0.208. The van der Waals surface area contributed by atoms with E-state index in [4.69, 9.17) is 0 Å². The highest BCUT2D eigenvalue weighted by Gasteiger charge is 2.31. The van der Waals surface area contributed by atoms with Crippen molar-refractivity contribution in [3.8, 4) is 5.69 Å². The fourth-order valence-electron chi connectivity index (χ4n) is 4.14. The van der Waals surface area contributed by atoms with Crippen LogP contribution in [0.1, 0.15) is 12.8 Å². The molecule has 178 valence electrons. The number of halogens is 1. The topological polar surface area (TPSA) is 125 Å². The monoisotopic (exact) mass is 475 g/mol. The Bertz CT molecular complexity index is 1390. The second kappa shape index (κ2) is 9.47. The molecule has 1 aromatic carbocycles. The lowest BCUT2D eigenvalue weighted by Crippen LogP contribution is -2.49. The highest BCUT2D eigenvalue weighted by Crippen LogP contribution is 2.26. The lowest BCUT2D eigenvalue weighted by atomic mass is 10.0. The zero-order valence-electron chi connectivity index (χ0n) is 18.6. The normalized spacial score (nSPS) is 14.1. The van der Waals surface area contributed by atoms with Crippen LogP contribution in [0.4, 0.5) is 21.7 Å². The Labute approximate surface area is 199 Å². The number of aliphatic carboxylic acids is 1. The Morgan fingerprint density at radius 2 is 2.00 bits per heavy atom. The molecule has 3 N–H and O–H groups in total. The van der Waals surface area contributed by atoms with Gasteiger partial charge in [0.1, 0.15) is 17.5 Å². The molecule has 0 aliphatic carbocycles. The third kappa shape index (κ3) is 4.66. The van der Waals surface area contributed by atoms with Gasteiger partial charge in [-0.2, -0.15) is 5.10 Å². The molecule has 1 aliphatic heterocycles. The number of carbonyl (C=O) groups excluding carboxylic acids is 1. The van der Waals surface area contributed by atoms with E-state index in [1.165, 1.54) is 11.0 Å². The van der Waals surface area contributed by atoms with Gasteiger partial charge in [-0.15, -0.1) is 0 Å². The third-order valence-electron chi connectivity index (χ3n) is 5.87. The summed E-state index contributed by atoms with van der Waals surface area (Å²) in [7, 11) is 0. The van der Waals surface area contributed by atoms with E-state index >= 15 is 0 Å². The number of rotatable bonds is 5. The van der Waals surface area contributed by atoms with Gasteiger partial charge in [0.25, 0.3) is 0 Å². The maximum absolute atomic E-state index is 14.7. The molecule has 0 unspecified atom stereocenters. The van der Waals surface area contributed by atoms with E-state index < -0.39 is 17.7 Å². The number of carboxylic acids is 1. The molecule has 11 heteroatoms. The molecular formula is C24H22FN7O3. The Balaban J connectivity index is 1.44. The van der Waals surface area contributed by atoms with E-state index in [9.17, 15) is 19.1 Å². The number of pyridine rings is 2. The molecule has 1 aliphatic rings. The summed E-state index contributed by atoms with van der Waals surface area (Å²) in [5, 5.41) is 20.3. The maximum Gasteiger partial charge on any atom is 0.395 e. The first-order valence-electron chi connectivity index (χ1n) is 11.1. The number of benzene rings is 1. The summed E-state index contributed by atoms with van der Waals surface area (Å²) >= 11 is 0. The molecular weight excluding hydrogens is 453 g/mol. The van der Waals surface area contributed by atoms with Gasteiger partial charge >= 0.3 is 11.9 Å². The molecule has 0 bridgehead atoms. The molecule has 1 saturated heterocycles. The van der Waals surface area contributed by atoms with Gasteiger partial charge in [-0.3, -0.25) is 9.69 Å². The van der Waals surface area contributed by atoms with E-state index in [1.54, 1.807) is 59.7 Å². The van der Waals surface area contributed by atoms with Crippen molar-refractivity contribution in [2.24, 2.45) is 0 Å². The lowest BCUT2D eigenvalue weighted by Gasteiger charge is -2.32. The Hall–Kier alpha value is -4.38. The molecule has 35 heavy (non-hydrogen) atoms. The van der Waals surface area contributed by atoms with Gasteiger partial charge in [0.05, 0.1) is 16.9 Å². The Morgan fingerprint density at radius 1 is 1.17 bits per heavy atom. The van der Waals surface area contributed by atoms with Crippen LogP contribution >= 0.6 is 0 Å². The van der Waals surface area contributed by atoms with Crippen LogP contribution < -0.4 is 15.5 Å². The summed E-state index contributed by atoms with van der Waals surface area (Å²) in [5.41, 5.74) is 1.30. The zero-order chi connectivity index (χ0) is 24.4. The van der Waals surface area contributed by atoms with Gasteiger partial charge in [-0.25, -0.2) is 23.8 Å². The number of nitrogens with zero attached hydrogens (tertiary/aromatic N) is 5. The molecule has 0 saturated carbocycles. The van der Waals surface area contributed by atoms with Crippen LogP contribution in [0.25, 0.3) is 16.6 Å². The van der Waals surface area contributed by atoms with Crippen molar-refractivity contribution < 1.29 is 19.1 Å². The molecule has 10 nitrogen and oxygen atoms in total. The van der Waals surface area contributed by atoms with Crippen molar-refractivity contribution in [3.05, 3.63) is 66.9 Å². The summed E-state index contributed by atoms with van der Waals surface area (Å²) < 4.78 is 16.3. The summed E-state index contributed by atoms with van der Waals surface area (Å²) in [4.78, 5) is 34.2. The number of aromatic nitrogens is 4. The molecule has 5 rings (SSSR count). The van der Waals surface area contributed by atoms with Crippen molar-refractivity contribution in [3.63, 3.8) is 0 Å². The second-order valence-electron chi connectivity index (χ2n) is 8.13. The minimum Gasteiger partial charge on any atom is -0.474 e. The summed E-state index contributed by atoms with van der Waals surface area (Å²) in [5.74, 6) is -2.42. The minimum atomic E-state index is -1.53. The first kappa shape index (κ1) is 22.4. The van der Waals surface area contributed by atoms with Crippen molar-refractivity contribution in [2.75, 3.05) is 23.3 Å². The van der Waals surface area contributed by atoms with Crippen LogP contribution in [0.15, 0.2) is 61.1 Å². The maximum atomic E-state index is 14.7. The standard InChI is InChI=1S/C24H22FN7O3/c25-18-12-17(31-11-1-8-28-31)3-4-19(18)29-21-13-20-15(14-27-21)2-5-22(30-20)32(23(33)24(34)35)16-6-9-26-10-7-16/h1-5,8,11-14,16,26H,6-7,9-10H2,(H,27,29)(H,34,35). The second-order valence-corrected chi connectivity index (χ2v) is 8.13. The number of amides is 1. The number of anilines is 3. The number of fused-ring (bicyclic) bond motifs is 1. The smallest absolute Gasteiger partial charge is 0.395 e. The number of piperidine rings is 1. The average molecular weight is 475 g/mol. The van der Waals surface area contributed by atoms with E-state index in [-0.39, 0.29) is 17.5 Å². The molecule has 1 fully saturated rings. The third-order valence-corrected chi connectivity index (χ3v) is 5.87. The lowest BCUT2D eigenvalue weighted by molar-refractivity contribution is -0.149. The predicted octanol–water partition coefficient (Wildman–Crippen LogP) is 2.87. The van der Waals surface area contributed by atoms with Gasteiger partial charge in [0.2, 0.25) is 0 Å². The SMILES string of the molecule is O=C(O)C(=O)N(c1ccc2cnc(Nc3ccc(-n4cccn4)cc3F)cc2n1)C1CCNCC1. The van der Waals surface area contributed by atoms with E-state index in [0.717, 1.165) is 0 Å². The first-order valence-corrected chi connectivity index (χ1v) is 11.1. The van der Waals surface area contributed by atoms with Crippen LogP contribution in [0.2, 0.25) is 0 Å². The quantitative estimate of drug-likeness (QED) is 0.376. The molecule has 1 amide bonds. The Kier molecular flexibility index (Phi) is 6.06. The molecule has 4 heterocycles. The molecule has 3 aromatic heterocycles. The molecule has 0 radical (unpaired) electrons. The highest BCUT2D eigenvalue weighted by atomic mass is 19.1. The van der Waals surface area contributed by atoms with Gasteiger partial charge in [-0.1, -0.05) is 0 Å². The number of carboxylic acid groups (broad SMARTS) is 1. The number of carbonyl (C=O) groups is 2. The van der Waals surface area contributed by atoms with Gasteiger partial charge < -0.3 is 15.7 Å². The molecule has 0 atom stereocenters. The van der Waals surface area contributed by atoms with Crippen LogP contribution in [0.5, 0.6) is 0 Å². The molecule has 0 spiro atoms. The van der Waals surface area contributed by atoms with E-state index in [0.29, 0.717) is 48.3 Å². The van der Waals surface area contributed by atoms with Crippen molar-refractivity contribution >= 4 is 40.1 Å². The summed E-state index contributed by atoms with van der Waals surface area (Å²) in [6.45, 7) is 1.37. The van der Waals surface area contributed by atoms with Crippen molar-refractivity contribution in [1.82, 2.24) is 25.1 Å². The van der Waals surface area contributed by atoms with Gasteiger partial charge in [0.15, 0.2) is 0 Å². The van der Waals surface area contributed by atoms with Crippen LogP contribution in [0.3, 0.4) is 0 Å². The van der Waals surface area contributed by atoms with Crippen LogP contribution in [0, 0.1) is 5.82 Å². The largest absolute Gasteiger partial charge is 0.474 e. The summed E-state index contributed by atoms with van der Waals surface area (Å²) in [6.07, 6.45) is 6.16. The number of hydrogen-bond donors (Lipinski definition) is 3. The minimum absolute atomic E-state index is 0.223. The first-order chi connectivity index (χ1) is 17.0. The number of nitrogens with one attached hydrogen (secondary N) is 2. The average Bonchev–Trinajstić information content (AvgIpc) is 3.41.